The van der Waals surface area contributed by atoms with Crippen LogP contribution in [0.2, 0.25) is 0 Å². The maximum atomic E-state index is 3.95. The van der Waals surface area contributed by atoms with Gasteiger partial charge in [-0.15, -0.1) is 0 Å². The second-order valence-corrected chi connectivity index (χ2v) is 4.75. The highest BCUT2D eigenvalue weighted by Crippen LogP contribution is 2.26. The molecule has 2 nitrogen and oxygen atoms in total. The minimum Gasteiger partial charge on any atom is -0.181 e. The highest BCUT2D eigenvalue weighted by molar-refractivity contribution is 9.24. The first-order valence-corrected chi connectivity index (χ1v) is 4.42. The van der Waals surface area contributed by atoms with Crippen molar-refractivity contribution >= 4 is 43.6 Å². The van der Waals surface area contributed by atoms with Gasteiger partial charge in [-0.2, -0.15) is 8.75 Å². The predicted octanol–water partition coefficient (Wildman–Crippen LogP) is 2.33. The molecule has 0 N–H and O–H groups in total. The molecule has 1 heterocycles. The van der Waals surface area contributed by atoms with Crippen molar-refractivity contribution in [3.8, 4) is 0 Å². The van der Waals surface area contributed by atoms with Gasteiger partial charge in [-0.3, -0.25) is 0 Å². The van der Waals surface area contributed by atoms with Crippen molar-refractivity contribution < 1.29 is 0 Å². The number of rotatable bonds is 1. The average Bonchev–Trinajstić information content (AvgIpc) is 2.12. The van der Waals surface area contributed by atoms with Crippen LogP contribution in [-0.2, 0) is 0 Å². The molecule has 0 aliphatic rings. The Labute approximate surface area is 67.9 Å². The number of alkyl halides is 2. The largest absolute Gasteiger partial charge is 0.181 e. The van der Waals surface area contributed by atoms with Crippen LogP contribution in [0.3, 0.4) is 0 Å². The van der Waals surface area contributed by atoms with Gasteiger partial charge in [-0.1, -0.05) is 31.9 Å². The molecule has 0 aliphatic heterocycles. The summed E-state index contributed by atoms with van der Waals surface area (Å²) in [7, 11) is 0. The van der Waals surface area contributed by atoms with Crippen molar-refractivity contribution in [3.05, 3.63) is 11.9 Å². The first-order chi connectivity index (χ1) is 3.80. The highest BCUT2D eigenvalue weighted by Gasteiger charge is 2.02. The van der Waals surface area contributed by atoms with E-state index in [-0.39, 0.29) is 3.74 Å². The zero-order valence-electron chi connectivity index (χ0n) is 3.71. The molecule has 0 aliphatic carbocycles. The average molecular weight is 258 g/mol. The first kappa shape index (κ1) is 6.64. The van der Waals surface area contributed by atoms with Crippen molar-refractivity contribution in [1.82, 2.24) is 8.75 Å². The molecule has 0 unspecified atom stereocenters. The van der Waals surface area contributed by atoms with Crippen LogP contribution in [0.1, 0.15) is 9.43 Å². The molecule has 0 aromatic carbocycles. The van der Waals surface area contributed by atoms with Crippen LogP contribution in [0.25, 0.3) is 0 Å². The molecule has 5 heteroatoms. The van der Waals surface area contributed by atoms with Gasteiger partial charge >= 0.3 is 0 Å². The summed E-state index contributed by atoms with van der Waals surface area (Å²) in [5, 5.41) is 0. The van der Waals surface area contributed by atoms with Crippen LogP contribution in [0.15, 0.2) is 6.20 Å². The van der Waals surface area contributed by atoms with E-state index in [2.05, 4.69) is 40.6 Å². The smallest absolute Gasteiger partial charge is 0.114 e. The van der Waals surface area contributed by atoms with E-state index in [9.17, 15) is 0 Å². The van der Waals surface area contributed by atoms with Gasteiger partial charge in [0.2, 0.25) is 0 Å². The molecule has 0 radical (unpaired) electrons. The molecule has 0 atom stereocenters. The van der Waals surface area contributed by atoms with Crippen LogP contribution in [0.5, 0.6) is 0 Å². The maximum Gasteiger partial charge on any atom is 0.114 e. The van der Waals surface area contributed by atoms with E-state index in [0.29, 0.717) is 0 Å². The van der Waals surface area contributed by atoms with Gasteiger partial charge in [0, 0.05) is 0 Å². The van der Waals surface area contributed by atoms with Gasteiger partial charge in [-0.05, 0) is 0 Å². The fourth-order valence-electron chi connectivity index (χ4n) is 0.268. The monoisotopic (exact) mass is 256 g/mol. The lowest BCUT2D eigenvalue weighted by Crippen LogP contribution is -1.74. The second kappa shape index (κ2) is 2.89. The van der Waals surface area contributed by atoms with E-state index in [0.717, 1.165) is 5.69 Å². The molecule has 1 rings (SSSR count). The van der Waals surface area contributed by atoms with Gasteiger partial charge < -0.3 is 0 Å². The van der Waals surface area contributed by atoms with Crippen LogP contribution >= 0.6 is 43.6 Å². The van der Waals surface area contributed by atoms with E-state index in [1.807, 2.05) is 0 Å². The number of hydrogen-bond donors (Lipinski definition) is 0. The highest BCUT2D eigenvalue weighted by atomic mass is 79.9. The summed E-state index contributed by atoms with van der Waals surface area (Å²) < 4.78 is 7.91. The zero-order valence-corrected chi connectivity index (χ0v) is 7.70. The van der Waals surface area contributed by atoms with Crippen LogP contribution in [0, 0.1) is 0 Å². The molecule has 0 bridgehead atoms. The molecule has 1 aromatic rings. The van der Waals surface area contributed by atoms with E-state index in [4.69, 9.17) is 0 Å². The van der Waals surface area contributed by atoms with Gasteiger partial charge in [0.1, 0.15) is 3.74 Å². The summed E-state index contributed by atoms with van der Waals surface area (Å²) in [5.74, 6) is 0. The summed E-state index contributed by atoms with van der Waals surface area (Å²) >= 11 is 7.77. The number of hydrogen-bond acceptors (Lipinski definition) is 3. The lowest BCUT2D eigenvalue weighted by atomic mass is 10.6. The molecule has 1 aromatic heterocycles. The SMILES string of the molecule is BrC(Br)c1cnsn1. The number of aromatic nitrogens is 2. The Morgan fingerprint density at radius 1 is 1.62 bits per heavy atom. The summed E-state index contributed by atoms with van der Waals surface area (Å²) in [5.41, 5.74) is 0.926. The molecule has 0 fully saturated rings. The molecule has 0 saturated carbocycles. The summed E-state index contributed by atoms with van der Waals surface area (Å²) in [6.45, 7) is 0. The van der Waals surface area contributed by atoms with Crippen molar-refractivity contribution in [2.24, 2.45) is 0 Å². The third kappa shape index (κ3) is 1.50. The fourth-order valence-corrected chi connectivity index (χ4v) is 1.43. The Hall–Kier alpha value is 0.520. The van der Waals surface area contributed by atoms with Gasteiger partial charge in [0.05, 0.1) is 23.6 Å². The molecular weight excluding hydrogens is 256 g/mol. The third-order valence-electron chi connectivity index (χ3n) is 0.602. The third-order valence-corrected chi connectivity index (χ3v) is 2.03. The Morgan fingerprint density at radius 2 is 2.38 bits per heavy atom. The van der Waals surface area contributed by atoms with Gasteiger partial charge in [0.25, 0.3) is 0 Å². The van der Waals surface area contributed by atoms with Crippen molar-refractivity contribution in [2.75, 3.05) is 0 Å². The van der Waals surface area contributed by atoms with E-state index in [1.54, 1.807) is 6.20 Å². The van der Waals surface area contributed by atoms with Crippen LogP contribution in [-0.4, -0.2) is 8.75 Å². The Balaban J connectivity index is 2.77. The van der Waals surface area contributed by atoms with Gasteiger partial charge in [-0.25, -0.2) is 0 Å². The minimum atomic E-state index is 0.147. The maximum absolute atomic E-state index is 3.95. The standard InChI is InChI=1S/C3H2Br2N2S/c4-3(5)2-1-6-8-7-2/h1,3H. The number of nitrogens with zero attached hydrogens (tertiary/aromatic N) is 2. The van der Waals surface area contributed by atoms with Gasteiger partial charge in [0.15, 0.2) is 0 Å². The zero-order chi connectivity index (χ0) is 5.98. The Morgan fingerprint density at radius 3 is 2.62 bits per heavy atom. The van der Waals surface area contributed by atoms with Crippen LogP contribution < -0.4 is 0 Å². The summed E-state index contributed by atoms with van der Waals surface area (Å²) in [6, 6.07) is 0. The van der Waals surface area contributed by atoms with Crippen molar-refractivity contribution in [2.45, 2.75) is 3.74 Å². The molecule has 44 valence electrons. The Kier molecular flexibility index (Phi) is 2.40. The quantitative estimate of drug-likeness (QED) is 0.722. The second-order valence-electron chi connectivity index (χ2n) is 1.13. The minimum absolute atomic E-state index is 0.147. The summed E-state index contributed by atoms with van der Waals surface area (Å²) in [4.78, 5) is 0. The topological polar surface area (TPSA) is 25.8 Å². The van der Waals surface area contributed by atoms with E-state index < -0.39 is 0 Å². The lowest BCUT2D eigenvalue weighted by molar-refractivity contribution is 1.29. The molecule has 0 spiro atoms. The molecule has 0 amide bonds. The van der Waals surface area contributed by atoms with Crippen LogP contribution in [0.4, 0.5) is 0 Å². The summed E-state index contributed by atoms with van der Waals surface area (Å²) in [6.07, 6.45) is 1.72. The number of halogens is 2. The van der Waals surface area contributed by atoms with Crippen molar-refractivity contribution in [3.63, 3.8) is 0 Å². The first-order valence-electron chi connectivity index (χ1n) is 1.86. The lowest BCUT2D eigenvalue weighted by Gasteiger charge is -1.88. The Bertz CT molecular complexity index is 150. The predicted molar refractivity (Wildman–Crippen MR) is 40.5 cm³/mol. The van der Waals surface area contributed by atoms with E-state index >= 15 is 0 Å². The molecule has 8 heavy (non-hydrogen) atoms. The van der Waals surface area contributed by atoms with Crippen molar-refractivity contribution in [1.29, 1.82) is 0 Å². The fraction of sp³-hybridized carbons (Fsp3) is 0.333. The molecular formula is C3H2Br2N2S. The molecule has 0 saturated heterocycles. The van der Waals surface area contributed by atoms with E-state index in [1.165, 1.54) is 11.7 Å². The normalized spacial score (nSPS) is 10.4.